The van der Waals surface area contributed by atoms with Crippen molar-refractivity contribution in [1.29, 1.82) is 5.41 Å². The number of ether oxygens (including phenoxy) is 1. The van der Waals surface area contributed by atoms with Gasteiger partial charge in [-0.05, 0) is 84.7 Å². The van der Waals surface area contributed by atoms with E-state index < -0.39 is 6.10 Å². The molecule has 1 spiro atoms. The Morgan fingerprint density at radius 3 is 2.51 bits per heavy atom. The molecule has 1 atom stereocenters. The van der Waals surface area contributed by atoms with Crippen LogP contribution in [0.5, 0.6) is 5.75 Å². The molecule has 5 rings (SSSR count). The lowest BCUT2D eigenvalue weighted by Gasteiger charge is -2.62. The van der Waals surface area contributed by atoms with Crippen molar-refractivity contribution < 1.29 is 9.84 Å². The average Bonchev–Trinajstić information content (AvgIpc) is 2.79. The highest BCUT2D eigenvalue weighted by Crippen LogP contribution is 2.52. The minimum Gasteiger partial charge on any atom is -0.491 e. The Morgan fingerprint density at radius 1 is 1.21 bits per heavy atom. The lowest BCUT2D eigenvalue weighted by atomic mass is 9.60. The number of aromatic nitrogens is 2. The third kappa shape index (κ3) is 5.59. The molecule has 0 radical (unpaired) electrons. The highest BCUT2D eigenvalue weighted by atomic mass is 35.5. The number of anilines is 1. The Labute approximate surface area is 237 Å². The van der Waals surface area contributed by atoms with Gasteiger partial charge in [-0.25, -0.2) is 9.97 Å². The van der Waals surface area contributed by atoms with Gasteiger partial charge >= 0.3 is 0 Å². The van der Waals surface area contributed by atoms with Crippen LogP contribution in [0.1, 0.15) is 71.1 Å². The molecule has 39 heavy (non-hydrogen) atoms. The number of hydrogen-bond donors (Lipinski definition) is 2. The first-order valence-electron chi connectivity index (χ1n) is 14.3. The minimum absolute atomic E-state index is 0.226. The molecule has 2 saturated heterocycles. The van der Waals surface area contributed by atoms with Crippen LogP contribution in [0, 0.1) is 17.7 Å². The lowest BCUT2D eigenvalue weighted by molar-refractivity contribution is -0.0444. The van der Waals surface area contributed by atoms with Crippen LogP contribution in [0.2, 0.25) is 5.02 Å². The summed E-state index contributed by atoms with van der Waals surface area (Å²) in [6.45, 7) is 14.8. The number of hydrogen-bond acceptors (Lipinski definition) is 7. The molecule has 3 fully saturated rings. The first-order valence-corrected chi connectivity index (χ1v) is 14.7. The van der Waals surface area contributed by atoms with E-state index in [0.29, 0.717) is 39.7 Å². The molecule has 0 bridgehead atoms. The molecule has 2 aromatic rings. The van der Waals surface area contributed by atoms with Crippen molar-refractivity contribution in [3.05, 3.63) is 40.1 Å². The lowest BCUT2D eigenvalue weighted by Crippen LogP contribution is -2.68. The van der Waals surface area contributed by atoms with Crippen molar-refractivity contribution >= 4 is 28.7 Å². The van der Waals surface area contributed by atoms with E-state index in [-0.39, 0.29) is 6.61 Å². The van der Waals surface area contributed by atoms with Crippen LogP contribution >= 0.6 is 11.6 Å². The van der Waals surface area contributed by atoms with E-state index in [1.54, 1.807) is 6.07 Å². The van der Waals surface area contributed by atoms with Gasteiger partial charge in [0.25, 0.3) is 0 Å². The topological polar surface area (TPSA) is 85.6 Å². The second-order valence-electron chi connectivity index (χ2n) is 12.0. The van der Waals surface area contributed by atoms with Crippen LogP contribution in [-0.2, 0) is 0 Å². The van der Waals surface area contributed by atoms with Gasteiger partial charge in [-0.15, -0.1) is 0 Å². The van der Waals surface area contributed by atoms with Crippen molar-refractivity contribution in [3.8, 4) is 17.1 Å². The maximum atomic E-state index is 10.1. The van der Waals surface area contributed by atoms with Crippen LogP contribution in [0.3, 0.4) is 0 Å². The normalized spacial score (nSPS) is 19.2. The zero-order valence-corrected chi connectivity index (χ0v) is 24.7. The molecule has 0 unspecified atom stereocenters. The van der Waals surface area contributed by atoms with E-state index in [9.17, 15) is 5.11 Å². The molecule has 1 aromatic carbocycles. The van der Waals surface area contributed by atoms with Crippen LogP contribution in [0.25, 0.3) is 17.0 Å². The first-order chi connectivity index (χ1) is 18.6. The summed E-state index contributed by atoms with van der Waals surface area (Å²) in [5.41, 5.74) is 5.26. The van der Waals surface area contributed by atoms with Crippen LogP contribution in [0.4, 0.5) is 5.82 Å². The molecule has 8 heteroatoms. The number of nitrogens with zero attached hydrogens (tertiary/aromatic N) is 4. The summed E-state index contributed by atoms with van der Waals surface area (Å²) in [7, 11) is 0. The molecule has 2 aliphatic heterocycles. The Kier molecular flexibility index (Phi) is 8.05. The standard InChI is InChI=1S/C31H42ClN5O2/c1-6-8-23(38)16-39-24-9-10-26(32)25(13-24)29-34-28(27(19(2)3)21(5)33)20(4)30(35-29)37-17-31(18-37)14-22(15-31)36-11-7-12-36/h9-10,13,22-23,33,38H,6-8,11-12,14-18H2,1-5H3/t23-/m1/s1. The van der Waals surface area contributed by atoms with Crippen LogP contribution in [-0.4, -0.2) is 70.6 Å². The molecule has 1 aromatic heterocycles. The summed E-state index contributed by atoms with van der Waals surface area (Å²) in [6.07, 6.45) is 4.98. The zero-order valence-electron chi connectivity index (χ0n) is 24.0. The third-order valence-corrected chi connectivity index (χ3v) is 8.90. The minimum atomic E-state index is -0.510. The fourth-order valence-electron chi connectivity index (χ4n) is 6.42. The van der Waals surface area contributed by atoms with Crippen molar-refractivity contribution in [3.63, 3.8) is 0 Å². The fraction of sp³-hybridized carbons (Fsp3) is 0.581. The third-order valence-electron chi connectivity index (χ3n) is 8.57. The van der Waals surface area contributed by atoms with Gasteiger partial charge in [0.15, 0.2) is 5.82 Å². The molecule has 7 nitrogen and oxygen atoms in total. The second kappa shape index (κ2) is 11.2. The average molecular weight is 552 g/mol. The van der Waals surface area contributed by atoms with Crippen LogP contribution in [0.15, 0.2) is 23.8 Å². The van der Waals surface area contributed by atoms with Gasteiger partial charge in [0.05, 0.1) is 16.8 Å². The number of rotatable bonds is 10. The Bertz CT molecular complexity index is 1270. The largest absolute Gasteiger partial charge is 0.491 e. The summed E-state index contributed by atoms with van der Waals surface area (Å²) in [4.78, 5) is 15.1. The number of allylic oxidation sites excluding steroid dienone is 2. The summed E-state index contributed by atoms with van der Waals surface area (Å²) in [6, 6.07) is 6.23. The Morgan fingerprint density at radius 2 is 1.92 bits per heavy atom. The van der Waals surface area contributed by atoms with Crippen molar-refractivity contribution in [2.24, 2.45) is 5.41 Å². The molecule has 3 heterocycles. The summed E-state index contributed by atoms with van der Waals surface area (Å²) >= 11 is 6.70. The Balaban J connectivity index is 1.47. The maximum Gasteiger partial charge on any atom is 0.163 e. The van der Waals surface area contributed by atoms with Gasteiger partial charge in [-0.3, -0.25) is 0 Å². The monoisotopic (exact) mass is 551 g/mol. The number of benzene rings is 1. The van der Waals surface area contributed by atoms with Gasteiger partial charge in [-0.1, -0.05) is 30.5 Å². The van der Waals surface area contributed by atoms with E-state index in [2.05, 4.69) is 16.7 Å². The number of aliphatic hydroxyl groups excluding tert-OH is 1. The van der Waals surface area contributed by atoms with E-state index >= 15 is 0 Å². The van der Waals surface area contributed by atoms with Gasteiger partial charge < -0.3 is 25.1 Å². The molecule has 1 aliphatic carbocycles. The van der Waals surface area contributed by atoms with Crippen molar-refractivity contribution in [2.45, 2.75) is 78.9 Å². The fourth-order valence-corrected chi connectivity index (χ4v) is 6.62. The number of halogens is 1. The van der Waals surface area contributed by atoms with E-state index in [1.807, 2.05) is 39.8 Å². The molecular weight excluding hydrogens is 510 g/mol. The number of nitrogens with one attached hydrogen (secondary N) is 1. The van der Waals surface area contributed by atoms with Gasteiger partial charge in [-0.2, -0.15) is 0 Å². The maximum absolute atomic E-state index is 10.1. The predicted octanol–water partition coefficient (Wildman–Crippen LogP) is 6.15. The summed E-state index contributed by atoms with van der Waals surface area (Å²) < 4.78 is 5.90. The highest BCUT2D eigenvalue weighted by molar-refractivity contribution is 6.33. The van der Waals surface area contributed by atoms with Gasteiger partial charge in [0, 0.05) is 47.0 Å². The molecule has 0 amide bonds. The van der Waals surface area contributed by atoms with E-state index in [4.69, 9.17) is 31.7 Å². The summed E-state index contributed by atoms with van der Waals surface area (Å²) in [5.74, 6) is 2.08. The van der Waals surface area contributed by atoms with Gasteiger partial charge in [0.1, 0.15) is 18.2 Å². The quantitative estimate of drug-likeness (QED) is 0.344. The SMILES string of the molecule is CCC[C@@H](O)COc1ccc(Cl)c(-c2nc(C(C(C)=N)=C(C)C)c(C)c(N3CC4(CC(N5CCC5)C4)C3)n2)c1. The molecule has 1 saturated carbocycles. The molecular formula is C31H42ClN5O2. The van der Waals surface area contributed by atoms with Crippen molar-refractivity contribution in [1.82, 2.24) is 14.9 Å². The van der Waals surface area contributed by atoms with Crippen LogP contribution < -0.4 is 9.64 Å². The zero-order chi connectivity index (χ0) is 27.9. The molecule has 210 valence electrons. The molecule has 3 aliphatic rings. The van der Waals surface area contributed by atoms with Gasteiger partial charge in [0.2, 0.25) is 0 Å². The Hall–Kier alpha value is -2.48. The van der Waals surface area contributed by atoms with E-state index in [0.717, 1.165) is 53.8 Å². The first kappa shape index (κ1) is 28.1. The van der Waals surface area contributed by atoms with Crippen molar-refractivity contribution in [2.75, 3.05) is 37.7 Å². The highest BCUT2D eigenvalue weighted by Gasteiger charge is 2.54. The van der Waals surface area contributed by atoms with E-state index in [1.165, 1.54) is 32.4 Å². The smallest absolute Gasteiger partial charge is 0.163 e. The molecule has 2 N–H and O–H groups in total. The summed E-state index contributed by atoms with van der Waals surface area (Å²) in [5, 5.41) is 19.2. The number of likely N-dealkylation sites (tertiary alicyclic amines) is 1. The predicted molar refractivity (Wildman–Crippen MR) is 159 cm³/mol. The second-order valence-corrected chi connectivity index (χ2v) is 12.5. The number of aliphatic hydroxyl groups is 1.